The van der Waals surface area contributed by atoms with Gasteiger partial charge in [-0.3, -0.25) is 4.79 Å². The summed E-state index contributed by atoms with van der Waals surface area (Å²) in [4.78, 5) is 14.7. The van der Waals surface area contributed by atoms with Gasteiger partial charge >= 0.3 is 0 Å². The van der Waals surface area contributed by atoms with Crippen LogP contribution in [0.5, 0.6) is 0 Å². The first-order valence-corrected chi connectivity index (χ1v) is 7.45. The lowest BCUT2D eigenvalue weighted by molar-refractivity contribution is -0.124. The molecule has 0 radical (unpaired) electrons. The van der Waals surface area contributed by atoms with Crippen LogP contribution in [0.4, 0.5) is 11.4 Å². The van der Waals surface area contributed by atoms with E-state index in [4.69, 9.17) is 10.5 Å². The van der Waals surface area contributed by atoms with Gasteiger partial charge in [-0.05, 0) is 43.5 Å². The van der Waals surface area contributed by atoms with Crippen LogP contribution >= 0.6 is 0 Å². The highest BCUT2D eigenvalue weighted by Gasteiger charge is 2.35. The maximum Gasteiger partial charge on any atom is 0.232 e. The molecule has 0 aromatic heterocycles. The minimum atomic E-state index is -0.0101. The molecule has 0 aliphatic carbocycles. The zero-order valence-electron chi connectivity index (χ0n) is 12.3. The van der Waals surface area contributed by atoms with E-state index in [1.807, 2.05) is 29.2 Å². The molecule has 110 valence electrons. The fourth-order valence-electron chi connectivity index (χ4n) is 2.78. The molecule has 1 aliphatic heterocycles. The topological polar surface area (TPSA) is 55.6 Å². The van der Waals surface area contributed by atoms with E-state index in [-0.39, 0.29) is 17.9 Å². The minimum absolute atomic E-state index is 0.0101. The van der Waals surface area contributed by atoms with Gasteiger partial charge in [0.25, 0.3) is 0 Å². The SMILES string of the molecule is CCCN(C(=O)C1CCOC1CC)c1ccc(N)cc1. The van der Waals surface area contributed by atoms with E-state index in [9.17, 15) is 4.79 Å². The van der Waals surface area contributed by atoms with Crippen LogP contribution in [-0.2, 0) is 9.53 Å². The summed E-state index contributed by atoms with van der Waals surface area (Å²) in [6, 6.07) is 7.51. The normalized spacial score (nSPS) is 21.9. The second kappa shape index (κ2) is 6.75. The van der Waals surface area contributed by atoms with Gasteiger partial charge in [0.05, 0.1) is 12.0 Å². The highest BCUT2D eigenvalue weighted by molar-refractivity contribution is 5.95. The number of amides is 1. The van der Waals surface area contributed by atoms with Gasteiger partial charge < -0.3 is 15.4 Å². The Morgan fingerprint density at radius 2 is 2.05 bits per heavy atom. The smallest absolute Gasteiger partial charge is 0.232 e. The largest absolute Gasteiger partial charge is 0.399 e. The first-order chi connectivity index (χ1) is 9.67. The lowest BCUT2D eigenvalue weighted by Gasteiger charge is -2.27. The van der Waals surface area contributed by atoms with Gasteiger partial charge in [-0.2, -0.15) is 0 Å². The Balaban J connectivity index is 2.19. The van der Waals surface area contributed by atoms with Gasteiger partial charge in [-0.15, -0.1) is 0 Å². The van der Waals surface area contributed by atoms with Gasteiger partial charge in [0.2, 0.25) is 5.91 Å². The van der Waals surface area contributed by atoms with Crippen molar-refractivity contribution in [2.45, 2.75) is 39.2 Å². The second-order valence-corrected chi connectivity index (χ2v) is 5.29. The molecule has 1 amide bonds. The Bertz CT molecular complexity index is 444. The van der Waals surface area contributed by atoms with Crippen molar-refractivity contribution in [1.29, 1.82) is 0 Å². The second-order valence-electron chi connectivity index (χ2n) is 5.29. The number of nitrogens with zero attached hydrogens (tertiary/aromatic N) is 1. The molecule has 1 fully saturated rings. The standard InChI is InChI=1S/C16H24N2O2/c1-3-10-18(13-7-5-12(17)6-8-13)16(19)14-9-11-20-15(14)4-2/h5-8,14-15H,3-4,9-11,17H2,1-2H3. The van der Waals surface area contributed by atoms with Gasteiger partial charge in [0, 0.05) is 24.5 Å². The summed E-state index contributed by atoms with van der Waals surface area (Å²) >= 11 is 0. The summed E-state index contributed by atoms with van der Waals surface area (Å²) in [5, 5.41) is 0. The molecule has 4 heteroatoms. The van der Waals surface area contributed by atoms with Crippen molar-refractivity contribution < 1.29 is 9.53 Å². The number of nitrogens with two attached hydrogens (primary N) is 1. The Hall–Kier alpha value is -1.55. The maximum absolute atomic E-state index is 12.8. The van der Waals surface area contributed by atoms with E-state index in [2.05, 4.69) is 13.8 Å². The van der Waals surface area contributed by atoms with Crippen LogP contribution < -0.4 is 10.6 Å². The Kier molecular flexibility index (Phi) is 5.01. The average Bonchev–Trinajstić information content (AvgIpc) is 2.93. The highest BCUT2D eigenvalue weighted by atomic mass is 16.5. The minimum Gasteiger partial charge on any atom is -0.399 e. The van der Waals surface area contributed by atoms with Crippen LogP contribution in [-0.4, -0.2) is 25.2 Å². The van der Waals surface area contributed by atoms with Crippen molar-refractivity contribution in [2.75, 3.05) is 23.8 Å². The zero-order valence-corrected chi connectivity index (χ0v) is 12.3. The molecule has 1 saturated heterocycles. The van der Waals surface area contributed by atoms with Crippen LogP contribution in [0.2, 0.25) is 0 Å². The molecule has 20 heavy (non-hydrogen) atoms. The number of hydrogen-bond acceptors (Lipinski definition) is 3. The number of hydrogen-bond donors (Lipinski definition) is 1. The van der Waals surface area contributed by atoms with Crippen LogP contribution in [0.3, 0.4) is 0 Å². The molecule has 2 unspecified atom stereocenters. The number of carbonyl (C=O) groups excluding carboxylic acids is 1. The predicted molar refractivity (Wildman–Crippen MR) is 81.6 cm³/mol. The number of anilines is 2. The Morgan fingerprint density at radius 1 is 1.35 bits per heavy atom. The summed E-state index contributed by atoms with van der Waals surface area (Å²) in [7, 11) is 0. The number of nitrogen functional groups attached to an aromatic ring is 1. The first-order valence-electron chi connectivity index (χ1n) is 7.45. The fraction of sp³-hybridized carbons (Fsp3) is 0.562. The monoisotopic (exact) mass is 276 g/mol. The van der Waals surface area contributed by atoms with E-state index in [1.54, 1.807) is 0 Å². The Morgan fingerprint density at radius 3 is 2.65 bits per heavy atom. The van der Waals surface area contributed by atoms with E-state index in [0.29, 0.717) is 12.3 Å². The van der Waals surface area contributed by atoms with Crippen LogP contribution in [0, 0.1) is 5.92 Å². The molecular formula is C16H24N2O2. The number of benzene rings is 1. The quantitative estimate of drug-likeness (QED) is 0.841. The molecular weight excluding hydrogens is 252 g/mol. The third kappa shape index (κ3) is 3.12. The maximum atomic E-state index is 12.8. The molecule has 0 spiro atoms. The van der Waals surface area contributed by atoms with E-state index in [1.165, 1.54) is 0 Å². The predicted octanol–water partition coefficient (Wildman–Crippen LogP) is 2.83. The van der Waals surface area contributed by atoms with Crippen LogP contribution in [0.15, 0.2) is 24.3 Å². The molecule has 1 aromatic rings. The molecule has 0 saturated carbocycles. The number of carbonyl (C=O) groups is 1. The van der Waals surface area contributed by atoms with Crippen LogP contribution in [0.1, 0.15) is 33.1 Å². The fourth-order valence-corrected chi connectivity index (χ4v) is 2.78. The highest BCUT2D eigenvalue weighted by Crippen LogP contribution is 2.28. The van der Waals surface area contributed by atoms with Crippen molar-refractivity contribution in [3.63, 3.8) is 0 Å². The molecule has 1 aliphatic rings. The van der Waals surface area contributed by atoms with Crippen molar-refractivity contribution in [3.8, 4) is 0 Å². The van der Waals surface area contributed by atoms with Crippen molar-refractivity contribution in [1.82, 2.24) is 0 Å². The van der Waals surface area contributed by atoms with E-state index in [0.717, 1.165) is 31.5 Å². The van der Waals surface area contributed by atoms with E-state index < -0.39 is 0 Å². The molecule has 2 rings (SSSR count). The summed E-state index contributed by atoms with van der Waals surface area (Å²) in [5.41, 5.74) is 7.36. The molecule has 1 heterocycles. The third-order valence-corrected chi connectivity index (χ3v) is 3.85. The number of rotatable bonds is 5. The lowest BCUT2D eigenvalue weighted by Crippen LogP contribution is -2.39. The molecule has 2 N–H and O–H groups in total. The summed E-state index contributed by atoms with van der Waals surface area (Å²) in [6.45, 7) is 5.58. The zero-order chi connectivity index (χ0) is 14.5. The van der Waals surface area contributed by atoms with Gasteiger partial charge in [-0.25, -0.2) is 0 Å². The summed E-state index contributed by atoms with van der Waals surface area (Å²) in [6.07, 6.45) is 2.71. The summed E-state index contributed by atoms with van der Waals surface area (Å²) in [5.74, 6) is 0.171. The summed E-state index contributed by atoms with van der Waals surface area (Å²) < 4.78 is 5.65. The van der Waals surface area contributed by atoms with Crippen molar-refractivity contribution in [3.05, 3.63) is 24.3 Å². The van der Waals surface area contributed by atoms with Gasteiger partial charge in [0.1, 0.15) is 0 Å². The lowest BCUT2D eigenvalue weighted by atomic mass is 9.97. The first kappa shape index (κ1) is 14.9. The molecule has 4 nitrogen and oxygen atoms in total. The van der Waals surface area contributed by atoms with Crippen molar-refractivity contribution >= 4 is 17.3 Å². The Labute approximate surface area is 120 Å². The van der Waals surface area contributed by atoms with E-state index >= 15 is 0 Å². The third-order valence-electron chi connectivity index (χ3n) is 3.85. The number of ether oxygens (including phenoxy) is 1. The van der Waals surface area contributed by atoms with Crippen LogP contribution in [0.25, 0.3) is 0 Å². The average molecular weight is 276 g/mol. The molecule has 1 aromatic carbocycles. The van der Waals surface area contributed by atoms with Gasteiger partial charge in [-0.1, -0.05) is 13.8 Å². The molecule has 2 atom stereocenters. The van der Waals surface area contributed by atoms with Crippen molar-refractivity contribution in [2.24, 2.45) is 5.92 Å². The van der Waals surface area contributed by atoms with Gasteiger partial charge in [0.15, 0.2) is 0 Å². The molecule has 0 bridgehead atoms.